The number of hydrazine groups is 1. The highest BCUT2D eigenvalue weighted by atomic mass is 16.2. The molecule has 0 radical (unpaired) electrons. The number of amides is 2. The Morgan fingerprint density at radius 2 is 0.808 bits per heavy atom. The highest BCUT2D eigenvalue weighted by Gasteiger charge is 2.59. The Balaban J connectivity index is 1.26. The van der Waals surface area contributed by atoms with Gasteiger partial charge in [0.25, 0.3) is 0 Å². The van der Waals surface area contributed by atoms with Gasteiger partial charge in [-0.2, -0.15) is 0 Å². The molecule has 0 unspecified atom stereocenters. The molecule has 8 aliphatic rings. The van der Waals surface area contributed by atoms with Gasteiger partial charge in [0.15, 0.2) is 0 Å². The van der Waals surface area contributed by atoms with Gasteiger partial charge < -0.3 is 0 Å². The van der Waals surface area contributed by atoms with Crippen molar-refractivity contribution in [3.8, 4) is 0 Å². The van der Waals surface area contributed by atoms with Crippen molar-refractivity contribution >= 4 is 11.8 Å². The molecule has 0 atom stereocenters. The van der Waals surface area contributed by atoms with Gasteiger partial charge >= 0.3 is 0 Å². The van der Waals surface area contributed by atoms with Crippen LogP contribution in [-0.2, 0) is 9.59 Å². The Morgan fingerprint density at radius 1 is 0.577 bits per heavy atom. The minimum absolute atomic E-state index is 0.0163. The summed E-state index contributed by atoms with van der Waals surface area (Å²) in [5.74, 6) is 10.5. The van der Waals surface area contributed by atoms with E-state index in [4.69, 9.17) is 5.84 Å². The van der Waals surface area contributed by atoms with Crippen LogP contribution in [0.2, 0.25) is 0 Å². The Bertz CT molecular complexity index is 542. The summed E-state index contributed by atoms with van der Waals surface area (Å²) >= 11 is 0. The molecule has 26 heavy (non-hydrogen) atoms. The van der Waals surface area contributed by atoms with Crippen LogP contribution in [0, 0.1) is 46.3 Å². The second-order valence-corrected chi connectivity index (χ2v) is 11.4. The van der Waals surface area contributed by atoms with E-state index in [1.54, 1.807) is 0 Å². The molecule has 142 valence electrons. The van der Waals surface area contributed by atoms with E-state index >= 15 is 0 Å². The molecule has 0 spiro atoms. The maximum absolute atomic E-state index is 13.5. The lowest BCUT2D eigenvalue weighted by molar-refractivity contribution is -0.174. The number of hydrogen-bond donors (Lipinski definition) is 1. The summed E-state index contributed by atoms with van der Waals surface area (Å²) in [5.41, 5.74) is -0.608. The van der Waals surface area contributed by atoms with Crippen LogP contribution in [0.25, 0.3) is 0 Å². The Kier molecular flexibility index (Phi) is 3.17. The molecule has 0 aromatic carbocycles. The third-order valence-electron chi connectivity index (χ3n) is 9.42. The van der Waals surface area contributed by atoms with Crippen molar-refractivity contribution in [1.82, 2.24) is 5.01 Å². The average molecular weight is 357 g/mol. The van der Waals surface area contributed by atoms with Gasteiger partial charge in [-0.05, 0) is 113 Å². The largest absolute Gasteiger partial charge is 0.272 e. The van der Waals surface area contributed by atoms with Gasteiger partial charge in [0, 0.05) is 0 Å². The number of nitrogens with zero attached hydrogens (tertiary/aromatic N) is 1. The van der Waals surface area contributed by atoms with E-state index < -0.39 is 0 Å². The van der Waals surface area contributed by atoms with Gasteiger partial charge in [-0.15, -0.1) is 0 Å². The van der Waals surface area contributed by atoms with Crippen LogP contribution in [-0.4, -0.2) is 16.8 Å². The summed E-state index contributed by atoms with van der Waals surface area (Å²) in [7, 11) is 0. The molecule has 4 heteroatoms. The number of imide groups is 1. The van der Waals surface area contributed by atoms with Crippen LogP contribution in [0.15, 0.2) is 0 Å². The van der Waals surface area contributed by atoms with Crippen molar-refractivity contribution in [2.24, 2.45) is 52.2 Å². The molecular formula is C22H32N2O2. The number of carbonyl (C=O) groups is 2. The minimum atomic E-state index is -0.304. The van der Waals surface area contributed by atoms with Gasteiger partial charge in [-0.3, -0.25) is 9.59 Å². The van der Waals surface area contributed by atoms with Gasteiger partial charge in [0.2, 0.25) is 11.8 Å². The quantitative estimate of drug-likeness (QED) is 0.355. The lowest BCUT2D eigenvalue weighted by atomic mass is 9.48. The third kappa shape index (κ3) is 2.11. The van der Waals surface area contributed by atoms with E-state index in [1.807, 2.05) is 0 Å². The lowest BCUT2D eigenvalue weighted by Gasteiger charge is -2.58. The lowest BCUT2D eigenvalue weighted by Crippen LogP contribution is -2.62. The van der Waals surface area contributed by atoms with Gasteiger partial charge in [-0.25, -0.2) is 10.9 Å². The fraction of sp³-hybridized carbons (Fsp3) is 0.909. The zero-order valence-electron chi connectivity index (χ0n) is 15.8. The molecule has 0 aromatic rings. The van der Waals surface area contributed by atoms with Crippen LogP contribution in [0.3, 0.4) is 0 Å². The minimum Gasteiger partial charge on any atom is -0.272 e. The van der Waals surface area contributed by atoms with E-state index in [1.165, 1.54) is 38.5 Å². The first-order valence-electron chi connectivity index (χ1n) is 11.1. The Hall–Kier alpha value is -0.900. The summed E-state index contributed by atoms with van der Waals surface area (Å²) in [6.45, 7) is 0. The summed E-state index contributed by atoms with van der Waals surface area (Å²) in [6, 6.07) is 0. The number of hydrogen-bond acceptors (Lipinski definition) is 3. The molecule has 0 saturated heterocycles. The normalized spacial score (nSPS) is 53.1. The van der Waals surface area contributed by atoms with Crippen molar-refractivity contribution in [3.05, 3.63) is 0 Å². The SMILES string of the molecule is NN(C(=O)C12CC3CC(CC(C3)C1)C2)C(=O)C12CC3CC(CC(C3)C1)C2. The summed E-state index contributed by atoms with van der Waals surface area (Å²) in [6.07, 6.45) is 13.7. The predicted molar refractivity (Wildman–Crippen MR) is 97.3 cm³/mol. The molecule has 8 fully saturated rings. The molecule has 8 aliphatic carbocycles. The van der Waals surface area contributed by atoms with Crippen LogP contribution < -0.4 is 5.84 Å². The monoisotopic (exact) mass is 356 g/mol. The maximum Gasteiger partial charge on any atom is 0.249 e. The van der Waals surface area contributed by atoms with Crippen molar-refractivity contribution in [2.75, 3.05) is 0 Å². The fourth-order valence-electron chi connectivity index (χ4n) is 9.35. The predicted octanol–water partition coefficient (Wildman–Crippen LogP) is 3.65. The topological polar surface area (TPSA) is 63.4 Å². The smallest absolute Gasteiger partial charge is 0.249 e. The van der Waals surface area contributed by atoms with Gasteiger partial charge in [0.05, 0.1) is 10.8 Å². The summed E-state index contributed by atoms with van der Waals surface area (Å²) < 4.78 is 0. The third-order valence-corrected chi connectivity index (χ3v) is 9.42. The van der Waals surface area contributed by atoms with Crippen molar-refractivity contribution in [1.29, 1.82) is 0 Å². The molecule has 0 heterocycles. The zero-order valence-corrected chi connectivity index (χ0v) is 15.8. The molecular weight excluding hydrogens is 324 g/mol. The summed E-state index contributed by atoms with van der Waals surface area (Å²) in [4.78, 5) is 27.0. The van der Waals surface area contributed by atoms with Crippen LogP contribution in [0.1, 0.15) is 77.0 Å². The molecule has 4 nitrogen and oxygen atoms in total. The van der Waals surface area contributed by atoms with Crippen LogP contribution in [0.5, 0.6) is 0 Å². The summed E-state index contributed by atoms with van der Waals surface area (Å²) in [5, 5.41) is 1.15. The highest BCUT2D eigenvalue weighted by Crippen LogP contribution is 2.62. The van der Waals surface area contributed by atoms with E-state index in [2.05, 4.69) is 0 Å². The van der Waals surface area contributed by atoms with Crippen molar-refractivity contribution < 1.29 is 9.59 Å². The standard InChI is InChI=1S/C22H32N2O2/c23-24(19(25)21-7-13-1-14(8-21)3-15(2-13)9-21)20(26)22-10-16-4-17(11-22)6-18(5-16)12-22/h13-18H,1-12,23H2. The first-order valence-corrected chi connectivity index (χ1v) is 11.1. The second kappa shape index (κ2) is 5.12. The maximum atomic E-state index is 13.5. The van der Waals surface area contributed by atoms with E-state index in [0.29, 0.717) is 35.5 Å². The fourth-order valence-corrected chi connectivity index (χ4v) is 9.35. The number of rotatable bonds is 2. The van der Waals surface area contributed by atoms with Gasteiger partial charge in [0.1, 0.15) is 0 Å². The van der Waals surface area contributed by atoms with E-state index in [-0.39, 0.29) is 22.6 Å². The van der Waals surface area contributed by atoms with Crippen molar-refractivity contribution in [3.63, 3.8) is 0 Å². The van der Waals surface area contributed by atoms with E-state index in [9.17, 15) is 9.59 Å². The van der Waals surface area contributed by atoms with Crippen LogP contribution >= 0.6 is 0 Å². The molecule has 0 aliphatic heterocycles. The molecule has 8 saturated carbocycles. The van der Waals surface area contributed by atoms with E-state index in [0.717, 1.165) is 43.5 Å². The molecule has 2 amide bonds. The molecule has 8 rings (SSSR count). The Labute approximate surface area is 156 Å². The molecule has 8 bridgehead atoms. The molecule has 2 N–H and O–H groups in total. The second-order valence-electron chi connectivity index (χ2n) is 11.4. The van der Waals surface area contributed by atoms with Crippen LogP contribution in [0.4, 0.5) is 0 Å². The van der Waals surface area contributed by atoms with Gasteiger partial charge in [-0.1, -0.05) is 0 Å². The average Bonchev–Trinajstić information content (AvgIpc) is 2.57. The highest BCUT2D eigenvalue weighted by molar-refractivity contribution is 6.00. The first kappa shape index (κ1) is 16.1. The number of carbonyl (C=O) groups excluding carboxylic acids is 2. The van der Waals surface area contributed by atoms with Crippen molar-refractivity contribution in [2.45, 2.75) is 77.0 Å². The molecule has 0 aromatic heterocycles. The number of nitrogens with two attached hydrogens (primary N) is 1. The first-order chi connectivity index (χ1) is 12.4. The Morgan fingerprint density at radius 3 is 1.04 bits per heavy atom. The zero-order chi connectivity index (χ0) is 17.7.